The first kappa shape index (κ1) is 25.1. The fourth-order valence-corrected chi connectivity index (χ4v) is 4.87. The van der Waals surface area contributed by atoms with Crippen molar-refractivity contribution in [2.24, 2.45) is 0 Å². The van der Waals surface area contributed by atoms with Crippen LogP contribution in [-0.2, 0) is 35.2 Å². The zero-order valence-corrected chi connectivity index (χ0v) is 21.3. The molecule has 1 N–H and O–H groups in total. The van der Waals surface area contributed by atoms with Crippen LogP contribution in [0.25, 0.3) is 11.4 Å². The molecule has 188 valence electrons. The van der Waals surface area contributed by atoms with Crippen molar-refractivity contribution < 1.29 is 13.7 Å². The highest BCUT2D eigenvalue weighted by atomic mass is 32.2. The maximum absolute atomic E-state index is 12.0. The molecule has 0 aliphatic carbocycles. The Bertz CT molecular complexity index is 1140. The van der Waals surface area contributed by atoms with Gasteiger partial charge in [-0.3, -0.25) is 13.8 Å². The first-order valence-corrected chi connectivity index (χ1v) is 13.3. The number of amides is 1. The minimum absolute atomic E-state index is 0.363. The predicted octanol–water partition coefficient (Wildman–Crippen LogP) is 2.28. The molecule has 1 saturated heterocycles. The molecule has 2 aromatic heterocycles. The molecule has 1 aromatic carbocycles. The fraction of sp³-hybridized carbons (Fsp3) is 0.500. The first-order valence-electron chi connectivity index (χ1n) is 11.8. The standard InChI is InChI=1S/C24H33N7O3S/c1-24(2,3)34-23(32)25-9-10-31-21(18-29-11-13-35(33)14-12-29)27-22(28-31)20-15-26-30(17-20)16-19-7-5-4-6-8-19/h4-8,15,17H,9-14,16,18H2,1-3H3,(H,25,32). The number of nitrogens with zero attached hydrogens (tertiary/aromatic N) is 6. The van der Waals surface area contributed by atoms with Gasteiger partial charge in [-0.1, -0.05) is 30.3 Å². The van der Waals surface area contributed by atoms with E-state index < -0.39 is 22.5 Å². The highest BCUT2D eigenvalue weighted by Crippen LogP contribution is 2.17. The second kappa shape index (κ2) is 11.1. The molecule has 1 amide bonds. The van der Waals surface area contributed by atoms with E-state index >= 15 is 0 Å². The normalized spacial score (nSPS) is 15.3. The van der Waals surface area contributed by atoms with E-state index in [4.69, 9.17) is 14.8 Å². The monoisotopic (exact) mass is 499 g/mol. The topological polar surface area (TPSA) is 107 Å². The lowest BCUT2D eigenvalue weighted by Crippen LogP contribution is -2.38. The summed E-state index contributed by atoms with van der Waals surface area (Å²) in [5.74, 6) is 2.74. The zero-order chi connectivity index (χ0) is 24.8. The van der Waals surface area contributed by atoms with Crippen molar-refractivity contribution >= 4 is 16.9 Å². The number of ether oxygens (including phenoxy) is 1. The lowest BCUT2D eigenvalue weighted by molar-refractivity contribution is 0.0525. The summed E-state index contributed by atoms with van der Waals surface area (Å²) in [6.45, 7) is 9.11. The van der Waals surface area contributed by atoms with Gasteiger partial charge in [0.25, 0.3) is 0 Å². The van der Waals surface area contributed by atoms with Crippen molar-refractivity contribution in [2.45, 2.75) is 46.0 Å². The van der Waals surface area contributed by atoms with Crippen LogP contribution in [0.5, 0.6) is 0 Å². The molecule has 1 fully saturated rings. The van der Waals surface area contributed by atoms with Gasteiger partial charge < -0.3 is 10.1 Å². The van der Waals surface area contributed by atoms with E-state index in [9.17, 15) is 9.00 Å². The summed E-state index contributed by atoms with van der Waals surface area (Å²) in [4.78, 5) is 19.1. The van der Waals surface area contributed by atoms with Crippen LogP contribution in [0.3, 0.4) is 0 Å². The van der Waals surface area contributed by atoms with E-state index in [1.807, 2.05) is 54.5 Å². The Kier molecular flexibility index (Phi) is 7.97. The number of rotatable bonds is 8. The van der Waals surface area contributed by atoms with Gasteiger partial charge in [0.2, 0.25) is 0 Å². The van der Waals surface area contributed by atoms with E-state index in [0.717, 1.165) is 30.0 Å². The van der Waals surface area contributed by atoms with Gasteiger partial charge in [-0.25, -0.2) is 14.5 Å². The summed E-state index contributed by atoms with van der Waals surface area (Å²) in [7, 11) is -0.739. The predicted molar refractivity (Wildman–Crippen MR) is 134 cm³/mol. The maximum atomic E-state index is 12.0. The molecule has 3 aromatic rings. The van der Waals surface area contributed by atoms with Crippen LogP contribution in [0.2, 0.25) is 0 Å². The summed E-state index contributed by atoms with van der Waals surface area (Å²) in [6.07, 6.45) is 3.26. The number of carbonyl (C=O) groups is 1. The summed E-state index contributed by atoms with van der Waals surface area (Å²) in [6, 6.07) is 10.1. The van der Waals surface area contributed by atoms with Crippen molar-refractivity contribution in [1.82, 2.24) is 34.8 Å². The zero-order valence-electron chi connectivity index (χ0n) is 20.5. The van der Waals surface area contributed by atoms with E-state index in [0.29, 0.717) is 43.5 Å². The van der Waals surface area contributed by atoms with Gasteiger partial charge in [0.1, 0.15) is 11.4 Å². The van der Waals surface area contributed by atoms with Gasteiger partial charge in [-0.2, -0.15) is 10.2 Å². The van der Waals surface area contributed by atoms with Gasteiger partial charge in [0.05, 0.1) is 31.4 Å². The van der Waals surface area contributed by atoms with Crippen LogP contribution < -0.4 is 5.32 Å². The molecule has 0 bridgehead atoms. The van der Waals surface area contributed by atoms with E-state index in [1.165, 1.54) is 0 Å². The number of aromatic nitrogens is 5. The molecule has 0 atom stereocenters. The van der Waals surface area contributed by atoms with Crippen LogP contribution in [0.15, 0.2) is 42.7 Å². The van der Waals surface area contributed by atoms with Crippen molar-refractivity contribution in [3.63, 3.8) is 0 Å². The molecule has 0 radical (unpaired) electrons. The van der Waals surface area contributed by atoms with Gasteiger partial charge >= 0.3 is 6.09 Å². The van der Waals surface area contributed by atoms with Crippen LogP contribution in [0.4, 0.5) is 4.79 Å². The fourth-order valence-electron chi connectivity index (χ4n) is 3.74. The largest absolute Gasteiger partial charge is 0.444 e. The van der Waals surface area contributed by atoms with E-state index in [-0.39, 0.29) is 0 Å². The highest BCUT2D eigenvalue weighted by molar-refractivity contribution is 7.85. The number of hydrogen-bond donors (Lipinski definition) is 1. The molecule has 4 rings (SSSR count). The van der Waals surface area contributed by atoms with Crippen molar-refractivity contribution in [3.05, 3.63) is 54.1 Å². The molecule has 1 aliphatic heterocycles. The Morgan fingerprint density at radius 2 is 1.89 bits per heavy atom. The average molecular weight is 500 g/mol. The van der Waals surface area contributed by atoms with Crippen molar-refractivity contribution in [2.75, 3.05) is 31.1 Å². The number of benzene rings is 1. The van der Waals surface area contributed by atoms with Crippen LogP contribution >= 0.6 is 0 Å². The minimum atomic E-state index is -0.739. The SMILES string of the molecule is CC(C)(C)OC(=O)NCCn1nc(-c2cnn(Cc3ccccc3)c2)nc1CN1CCS(=O)CC1. The molecule has 11 heteroatoms. The van der Waals surface area contributed by atoms with Gasteiger partial charge in [-0.15, -0.1) is 0 Å². The Morgan fingerprint density at radius 3 is 2.60 bits per heavy atom. The smallest absolute Gasteiger partial charge is 0.407 e. The second-order valence-corrected chi connectivity index (χ2v) is 11.2. The third-order valence-corrected chi connectivity index (χ3v) is 6.73. The summed E-state index contributed by atoms with van der Waals surface area (Å²) < 4.78 is 20.8. The third-order valence-electron chi connectivity index (χ3n) is 5.45. The van der Waals surface area contributed by atoms with E-state index in [1.54, 1.807) is 6.20 Å². The Hall–Kier alpha value is -3.05. The van der Waals surface area contributed by atoms with Crippen molar-refractivity contribution in [3.8, 4) is 11.4 Å². The Labute approximate surface area is 208 Å². The molecule has 0 saturated carbocycles. The number of hydrogen-bond acceptors (Lipinski definition) is 7. The average Bonchev–Trinajstić information content (AvgIpc) is 3.42. The first-order chi connectivity index (χ1) is 16.7. The molecule has 0 unspecified atom stereocenters. The third kappa shape index (κ3) is 7.46. The summed E-state index contributed by atoms with van der Waals surface area (Å²) >= 11 is 0. The second-order valence-electron chi connectivity index (χ2n) is 9.54. The molecule has 3 heterocycles. The summed E-state index contributed by atoms with van der Waals surface area (Å²) in [5.41, 5.74) is 1.45. The van der Waals surface area contributed by atoms with Gasteiger partial charge in [0.15, 0.2) is 5.82 Å². The van der Waals surface area contributed by atoms with Crippen LogP contribution in [0, 0.1) is 0 Å². The van der Waals surface area contributed by atoms with E-state index in [2.05, 4.69) is 27.4 Å². The minimum Gasteiger partial charge on any atom is -0.444 e. The van der Waals surface area contributed by atoms with Gasteiger partial charge in [0, 0.05) is 48.1 Å². The van der Waals surface area contributed by atoms with Crippen LogP contribution in [-0.4, -0.2) is 76.5 Å². The molecule has 0 spiro atoms. The lowest BCUT2D eigenvalue weighted by Gasteiger charge is -2.25. The van der Waals surface area contributed by atoms with Gasteiger partial charge in [-0.05, 0) is 26.3 Å². The Morgan fingerprint density at radius 1 is 1.14 bits per heavy atom. The number of carbonyl (C=O) groups excluding carboxylic acids is 1. The number of alkyl carbamates (subject to hydrolysis) is 1. The summed E-state index contributed by atoms with van der Waals surface area (Å²) in [5, 5.41) is 12.0. The molecular weight excluding hydrogens is 466 g/mol. The molecular formula is C24H33N7O3S. The molecule has 1 aliphatic rings. The number of nitrogens with one attached hydrogen (secondary N) is 1. The quantitative estimate of drug-likeness (QED) is 0.507. The Balaban J connectivity index is 1.47. The van der Waals surface area contributed by atoms with Crippen LogP contribution in [0.1, 0.15) is 32.2 Å². The van der Waals surface area contributed by atoms with Crippen molar-refractivity contribution in [1.29, 1.82) is 0 Å². The molecule has 10 nitrogen and oxygen atoms in total. The molecule has 35 heavy (non-hydrogen) atoms. The highest BCUT2D eigenvalue weighted by Gasteiger charge is 2.21. The maximum Gasteiger partial charge on any atom is 0.407 e. The lowest BCUT2D eigenvalue weighted by atomic mass is 10.2.